The lowest BCUT2D eigenvalue weighted by atomic mass is 10.1. The van der Waals surface area contributed by atoms with Gasteiger partial charge < -0.3 is 25.3 Å². The maximum atomic E-state index is 5.78. The van der Waals surface area contributed by atoms with E-state index in [1.807, 2.05) is 0 Å². The minimum Gasteiger partial charge on any atom is -0.496 e. The van der Waals surface area contributed by atoms with Crippen LogP contribution in [0.3, 0.4) is 0 Å². The molecule has 0 amide bonds. The number of guanidine groups is 1. The van der Waals surface area contributed by atoms with Crippen molar-refractivity contribution in [2.75, 3.05) is 27.9 Å². The van der Waals surface area contributed by atoms with E-state index in [2.05, 4.69) is 17.2 Å². The summed E-state index contributed by atoms with van der Waals surface area (Å²) in [5, 5.41) is 3.02. The molecule has 0 saturated carbocycles. The van der Waals surface area contributed by atoms with E-state index in [0.29, 0.717) is 29.8 Å². The first-order valence-electron chi connectivity index (χ1n) is 6.48. The molecule has 6 heteroatoms. The van der Waals surface area contributed by atoms with Gasteiger partial charge in [0, 0.05) is 18.7 Å². The van der Waals surface area contributed by atoms with Crippen LogP contribution >= 0.6 is 0 Å². The van der Waals surface area contributed by atoms with Gasteiger partial charge >= 0.3 is 0 Å². The Morgan fingerprint density at radius 3 is 2.20 bits per heavy atom. The standard InChI is InChI=1S/C14H23N3O3/c1-5-6-16-14(15)17-9-11-12(19-3)7-10(18-2)8-13(11)20-4/h7-8H,5-6,9H2,1-4H3,(H3,15,16,17). The molecular weight excluding hydrogens is 258 g/mol. The molecule has 0 unspecified atom stereocenters. The van der Waals surface area contributed by atoms with Gasteiger partial charge in [0.05, 0.1) is 33.4 Å². The summed E-state index contributed by atoms with van der Waals surface area (Å²) < 4.78 is 15.9. The summed E-state index contributed by atoms with van der Waals surface area (Å²) in [5.41, 5.74) is 6.61. The van der Waals surface area contributed by atoms with Crippen LogP contribution in [-0.4, -0.2) is 33.8 Å². The molecule has 0 bridgehead atoms. The fraction of sp³-hybridized carbons (Fsp3) is 0.500. The third kappa shape index (κ3) is 4.22. The predicted octanol–water partition coefficient (Wildman–Crippen LogP) is 1.53. The van der Waals surface area contributed by atoms with Gasteiger partial charge in [-0.2, -0.15) is 0 Å². The molecule has 0 aromatic heterocycles. The number of nitrogens with zero attached hydrogens (tertiary/aromatic N) is 1. The van der Waals surface area contributed by atoms with Gasteiger partial charge in [-0.1, -0.05) is 6.92 Å². The molecule has 0 fully saturated rings. The normalized spacial score (nSPS) is 11.1. The summed E-state index contributed by atoms with van der Waals surface area (Å²) in [6, 6.07) is 3.59. The predicted molar refractivity (Wildman–Crippen MR) is 79.7 cm³/mol. The summed E-state index contributed by atoms with van der Waals surface area (Å²) >= 11 is 0. The van der Waals surface area contributed by atoms with Gasteiger partial charge in [-0.05, 0) is 6.42 Å². The van der Waals surface area contributed by atoms with Crippen LogP contribution in [0.5, 0.6) is 17.2 Å². The molecule has 0 aliphatic carbocycles. The van der Waals surface area contributed by atoms with Crippen molar-refractivity contribution in [3.05, 3.63) is 17.7 Å². The van der Waals surface area contributed by atoms with Crippen molar-refractivity contribution in [2.24, 2.45) is 10.7 Å². The second-order valence-corrected chi connectivity index (χ2v) is 4.14. The molecule has 0 radical (unpaired) electrons. The van der Waals surface area contributed by atoms with Crippen molar-refractivity contribution in [2.45, 2.75) is 19.9 Å². The van der Waals surface area contributed by atoms with Crippen molar-refractivity contribution in [1.29, 1.82) is 0 Å². The number of aliphatic imine (C=N–C) groups is 1. The minimum atomic E-state index is 0.374. The zero-order chi connectivity index (χ0) is 15.0. The molecule has 0 atom stereocenters. The van der Waals surface area contributed by atoms with E-state index in [1.54, 1.807) is 33.5 Å². The molecule has 0 spiro atoms. The Morgan fingerprint density at radius 2 is 1.75 bits per heavy atom. The van der Waals surface area contributed by atoms with E-state index < -0.39 is 0 Å². The van der Waals surface area contributed by atoms with E-state index in [0.717, 1.165) is 18.5 Å². The summed E-state index contributed by atoms with van der Waals surface area (Å²) in [4.78, 5) is 4.29. The second-order valence-electron chi connectivity index (χ2n) is 4.14. The molecule has 0 aliphatic rings. The highest BCUT2D eigenvalue weighted by molar-refractivity contribution is 5.77. The highest BCUT2D eigenvalue weighted by atomic mass is 16.5. The number of ether oxygens (including phenoxy) is 3. The minimum absolute atomic E-state index is 0.374. The van der Waals surface area contributed by atoms with Crippen molar-refractivity contribution < 1.29 is 14.2 Å². The SMILES string of the molecule is CCCNC(N)=NCc1c(OC)cc(OC)cc1OC. The summed E-state index contributed by atoms with van der Waals surface area (Å²) in [7, 11) is 4.79. The molecule has 0 heterocycles. The quantitative estimate of drug-likeness (QED) is 0.585. The third-order valence-corrected chi connectivity index (χ3v) is 2.78. The summed E-state index contributed by atoms with van der Waals surface area (Å²) in [5.74, 6) is 2.40. The van der Waals surface area contributed by atoms with E-state index in [-0.39, 0.29) is 0 Å². The summed E-state index contributed by atoms with van der Waals surface area (Å²) in [6.45, 7) is 3.24. The molecular formula is C14H23N3O3. The van der Waals surface area contributed by atoms with Gasteiger partial charge in [-0.3, -0.25) is 0 Å². The van der Waals surface area contributed by atoms with Gasteiger partial charge in [0.1, 0.15) is 17.2 Å². The molecule has 20 heavy (non-hydrogen) atoms. The smallest absolute Gasteiger partial charge is 0.188 e. The van der Waals surface area contributed by atoms with Crippen LogP contribution in [0, 0.1) is 0 Å². The first kappa shape index (κ1) is 15.9. The second kappa shape index (κ2) is 8.14. The monoisotopic (exact) mass is 281 g/mol. The molecule has 0 aliphatic heterocycles. The highest BCUT2D eigenvalue weighted by Crippen LogP contribution is 2.34. The number of hydrogen-bond acceptors (Lipinski definition) is 4. The first-order valence-corrected chi connectivity index (χ1v) is 6.48. The van der Waals surface area contributed by atoms with Gasteiger partial charge in [0.15, 0.2) is 5.96 Å². The number of nitrogens with two attached hydrogens (primary N) is 1. The molecule has 112 valence electrons. The zero-order valence-corrected chi connectivity index (χ0v) is 12.5. The average molecular weight is 281 g/mol. The Morgan fingerprint density at radius 1 is 1.15 bits per heavy atom. The number of methoxy groups -OCH3 is 3. The molecule has 1 rings (SSSR count). The Kier molecular flexibility index (Phi) is 6.49. The molecule has 6 nitrogen and oxygen atoms in total. The maximum Gasteiger partial charge on any atom is 0.188 e. The van der Waals surface area contributed by atoms with E-state index >= 15 is 0 Å². The van der Waals surface area contributed by atoms with Crippen LogP contribution in [0.25, 0.3) is 0 Å². The topological polar surface area (TPSA) is 78.1 Å². The fourth-order valence-electron chi connectivity index (χ4n) is 1.71. The zero-order valence-electron chi connectivity index (χ0n) is 12.5. The number of benzene rings is 1. The van der Waals surface area contributed by atoms with Crippen molar-refractivity contribution >= 4 is 5.96 Å². The number of hydrogen-bond donors (Lipinski definition) is 2. The molecule has 3 N–H and O–H groups in total. The van der Waals surface area contributed by atoms with Gasteiger partial charge in [0.25, 0.3) is 0 Å². The lowest BCUT2D eigenvalue weighted by Crippen LogP contribution is -2.32. The average Bonchev–Trinajstić information content (AvgIpc) is 2.49. The number of nitrogens with one attached hydrogen (secondary N) is 1. The summed E-state index contributed by atoms with van der Waals surface area (Å²) in [6.07, 6.45) is 0.991. The van der Waals surface area contributed by atoms with Crippen LogP contribution in [0.1, 0.15) is 18.9 Å². The molecule has 0 saturated heterocycles. The Hall–Kier alpha value is -2.11. The first-order chi connectivity index (χ1) is 9.65. The van der Waals surface area contributed by atoms with E-state index in [9.17, 15) is 0 Å². The van der Waals surface area contributed by atoms with Crippen molar-refractivity contribution in [3.8, 4) is 17.2 Å². The van der Waals surface area contributed by atoms with Crippen molar-refractivity contribution in [1.82, 2.24) is 5.32 Å². The largest absolute Gasteiger partial charge is 0.496 e. The van der Waals surface area contributed by atoms with Gasteiger partial charge in [-0.15, -0.1) is 0 Å². The molecule has 1 aromatic rings. The van der Waals surface area contributed by atoms with Crippen LogP contribution in [-0.2, 0) is 6.54 Å². The van der Waals surface area contributed by atoms with Gasteiger partial charge in [-0.25, -0.2) is 4.99 Å². The van der Waals surface area contributed by atoms with E-state index in [4.69, 9.17) is 19.9 Å². The Balaban J connectivity index is 2.97. The Bertz CT molecular complexity index is 436. The number of rotatable bonds is 7. The van der Waals surface area contributed by atoms with Crippen LogP contribution in [0.2, 0.25) is 0 Å². The molecule has 1 aromatic carbocycles. The maximum absolute atomic E-state index is 5.78. The Labute approximate surface area is 119 Å². The fourth-order valence-corrected chi connectivity index (χ4v) is 1.71. The van der Waals surface area contributed by atoms with Crippen LogP contribution < -0.4 is 25.3 Å². The van der Waals surface area contributed by atoms with E-state index in [1.165, 1.54) is 0 Å². The lowest BCUT2D eigenvalue weighted by Gasteiger charge is -2.14. The lowest BCUT2D eigenvalue weighted by molar-refractivity contribution is 0.369. The third-order valence-electron chi connectivity index (χ3n) is 2.78. The highest BCUT2D eigenvalue weighted by Gasteiger charge is 2.12. The van der Waals surface area contributed by atoms with Crippen LogP contribution in [0.4, 0.5) is 0 Å². The van der Waals surface area contributed by atoms with Crippen LogP contribution in [0.15, 0.2) is 17.1 Å². The van der Waals surface area contributed by atoms with Gasteiger partial charge in [0.2, 0.25) is 0 Å². The van der Waals surface area contributed by atoms with Crippen molar-refractivity contribution in [3.63, 3.8) is 0 Å².